The molecule has 2 aromatic rings. The average Bonchev–Trinajstić information content (AvgIpc) is 2.74. The summed E-state index contributed by atoms with van der Waals surface area (Å²) in [6.45, 7) is 0. The van der Waals surface area contributed by atoms with Gasteiger partial charge in [0.05, 0.1) is 0 Å². The smallest absolute Gasteiger partial charge is 0.137 e. The topological polar surface area (TPSA) is 38.4 Å². The van der Waals surface area contributed by atoms with Crippen molar-refractivity contribution in [1.82, 2.24) is 4.98 Å². The monoisotopic (exact) mass is 198 g/mol. The Morgan fingerprint density at radius 3 is 3.20 bits per heavy atom. The largest absolute Gasteiger partial charge is 0.460 e. The van der Waals surface area contributed by atoms with E-state index in [1.165, 1.54) is 0 Å². The molecule has 2 aromatic heterocycles. The lowest BCUT2D eigenvalue weighted by molar-refractivity contribution is 0.529. The molecule has 74 valence electrons. The van der Waals surface area contributed by atoms with Crippen LogP contribution >= 0.6 is 0 Å². The molecular formula is C12H10N2O. The maximum absolute atomic E-state index is 5.75. The maximum atomic E-state index is 5.75. The fourth-order valence-electron chi connectivity index (χ4n) is 1.77. The van der Waals surface area contributed by atoms with Gasteiger partial charge in [0.25, 0.3) is 0 Å². The van der Waals surface area contributed by atoms with Gasteiger partial charge in [-0.15, -0.1) is 0 Å². The van der Waals surface area contributed by atoms with Crippen molar-refractivity contribution in [3.05, 3.63) is 42.6 Å². The molecule has 0 spiro atoms. The SMILES string of the molecule is C1=CC(c2cc3cnccc3o2)CC=N1. The summed E-state index contributed by atoms with van der Waals surface area (Å²) in [7, 11) is 0. The highest BCUT2D eigenvalue weighted by Crippen LogP contribution is 2.28. The molecule has 0 radical (unpaired) electrons. The van der Waals surface area contributed by atoms with E-state index in [1.54, 1.807) is 6.20 Å². The van der Waals surface area contributed by atoms with Crippen molar-refractivity contribution in [1.29, 1.82) is 0 Å². The van der Waals surface area contributed by atoms with Gasteiger partial charge in [0.15, 0.2) is 0 Å². The maximum Gasteiger partial charge on any atom is 0.137 e. The van der Waals surface area contributed by atoms with Crippen LogP contribution in [0.15, 0.2) is 46.2 Å². The summed E-state index contributed by atoms with van der Waals surface area (Å²) < 4.78 is 5.75. The minimum absolute atomic E-state index is 0.315. The molecule has 0 N–H and O–H groups in total. The molecule has 1 atom stereocenters. The van der Waals surface area contributed by atoms with Crippen LogP contribution in [0.2, 0.25) is 0 Å². The van der Waals surface area contributed by atoms with Crippen LogP contribution in [-0.2, 0) is 0 Å². The second-order valence-electron chi connectivity index (χ2n) is 3.58. The number of nitrogens with zero attached hydrogens (tertiary/aromatic N) is 2. The summed E-state index contributed by atoms with van der Waals surface area (Å²) in [6, 6.07) is 3.94. The minimum Gasteiger partial charge on any atom is -0.460 e. The molecule has 1 aliphatic rings. The number of hydrogen-bond donors (Lipinski definition) is 0. The molecule has 0 aromatic carbocycles. The van der Waals surface area contributed by atoms with Gasteiger partial charge in [-0.2, -0.15) is 0 Å². The Morgan fingerprint density at radius 1 is 1.40 bits per heavy atom. The van der Waals surface area contributed by atoms with Gasteiger partial charge in [0.2, 0.25) is 0 Å². The fourth-order valence-corrected chi connectivity index (χ4v) is 1.77. The average molecular weight is 198 g/mol. The van der Waals surface area contributed by atoms with Crippen molar-refractivity contribution < 1.29 is 4.42 Å². The lowest BCUT2D eigenvalue weighted by Crippen LogP contribution is -1.96. The number of fused-ring (bicyclic) bond motifs is 1. The van der Waals surface area contributed by atoms with E-state index < -0.39 is 0 Å². The van der Waals surface area contributed by atoms with Crippen molar-refractivity contribution in [3.63, 3.8) is 0 Å². The number of allylic oxidation sites excluding steroid dienone is 1. The van der Waals surface area contributed by atoms with Crippen LogP contribution in [0.3, 0.4) is 0 Å². The number of pyridine rings is 1. The van der Waals surface area contributed by atoms with Gasteiger partial charge in [-0.25, -0.2) is 0 Å². The Labute approximate surface area is 87.2 Å². The highest BCUT2D eigenvalue weighted by molar-refractivity contribution is 5.77. The van der Waals surface area contributed by atoms with Gasteiger partial charge in [-0.1, -0.05) is 6.08 Å². The highest BCUT2D eigenvalue weighted by atomic mass is 16.3. The molecule has 3 nitrogen and oxygen atoms in total. The summed E-state index contributed by atoms with van der Waals surface area (Å²) in [5.74, 6) is 1.30. The first-order valence-electron chi connectivity index (χ1n) is 4.95. The third kappa shape index (κ3) is 1.46. The summed E-state index contributed by atoms with van der Waals surface area (Å²) in [5, 5.41) is 1.06. The van der Waals surface area contributed by atoms with Crippen molar-refractivity contribution in [2.24, 2.45) is 4.99 Å². The standard InChI is InChI=1S/C12H10N2O/c1-4-13-5-2-9(1)12-7-10-8-14-6-3-11(10)15-12/h1,3-9H,2H2. The molecule has 0 amide bonds. The Bertz CT molecular complexity index is 506. The predicted octanol–water partition coefficient (Wildman–Crippen LogP) is 2.90. The van der Waals surface area contributed by atoms with Crippen molar-refractivity contribution in [2.45, 2.75) is 12.3 Å². The summed E-state index contributed by atoms with van der Waals surface area (Å²) in [6.07, 6.45) is 10.3. The Kier molecular flexibility index (Phi) is 1.88. The predicted molar refractivity (Wildman–Crippen MR) is 59.0 cm³/mol. The normalized spacial score (nSPS) is 19.9. The first-order valence-corrected chi connectivity index (χ1v) is 4.95. The molecule has 0 saturated heterocycles. The molecule has 0 bridgehead atoms. The number of hydrogen-bond acceptors (Lipinski definition) is 3. The molecule has 0 aliphatic carbocycles. The summed E-state index contributed by atoms with van der Waals surface area (Å²) in [4.78, 5) is 8.11. The van der Waals surface area contributed by atoms with E-state index in [0.717, 1.165) is 23.2 Å². The number of aromatic nitrogens is 1. The van der Waals surface area contributed by atoms with Gasteiger partial charge in [-0.05, 0) is 18.6 Å². The van der Waals surface area contributed by atoms with Crippen molar-refractivity contribution >= 4 is 17.2 Å². The van der Waals surface area contributed by atoms with E-state index in [-0.39, 0.29) is 0 Å². The number of furan rings is 1. The second-order valence-corrected chi connectivity index (χ2v) is 3.58. The first kappa shape index (κ1) is 8.41. The quantitative estimate of drug-likeness (QED) is 0.706. The molecule has 0 fully saturated rings. The van der Waals surface area contributed by atoms with Crippen LogP contribution in [0.1, 0.15) is 18.1 Å². The molecule has 0 saturated carbocycles. The van der Waals surface area contributed by atoms with E-state index in [0.29, 0.717) is 5.92 Å². The molecule has 3 heteroatoms. The molecule has 1 aliphatic heterocycles. The lowest BCUT2D eigenvalue weighted by Gasteiger charge is -2.07. The van der Waals surface area contributed by atoms with Crippen LogP contribution in [0, 0.1) is 0 Å². The van der Waals surface area contributed by atoms with Crippen molar-refractivity contribution in [2.75, 3.05) is 0 Å². The fraction of sp³-hybridized carbons (Fsp3) is 0.167. The van der Waals surface area contributed by atoms with E-state index in [2.05, 4.69) is 22.1 Å². The Morgan fingerprint density at radius 2 is 2.40 bits per heavy atom. The van der Waals surface area contributed by atoms with Crippen LogP contribution in [-0.4, -0.2) is 11.2 Å². The Hall–Kier alpha value is -1.90. The molecule has 1 unspecified atom stereocenters. The minimum atomic E-state index is 0.315. The summed E-state index contributed by atoms with van der Waals surface area (Å²) >= 11 is 0. The van der Waals surface area contributed by atoms with E-state index in [9.17, 15) is 0 Å². The highest BCUT2D eigenvalue weighted by Gasteiger charge is 2.13. The molecule has 3 heterocycles. The Balaban J connectivity index is 2.04. The van der Waals surface area contributed by atoms with E-state index in [4.69, 9.17) is 4.42 Å². The molecule has 15 heavy (non-hydrogen) atoms. The second kappa shape index (κ2) is 3.35. The van der Waals surface area contributed by atoms with E-state index >= 15 is 0 Å². The zero-order chi connectivity index (χ0) is 10.1. The zero-order valence-electron chi connectivity index (χ0n) is 8.13. The summed E-state index contributed by atoms with van der Waals surface area (Å²) in [5.41, 5.74) is 0.899. The third-order valence-corrected chi connectivity index (χ3v) is 2.57. The third-order valence-electron chi connectivity index (χ3n) is 2.57. The number of rotatable bonds is 1. The van der Waals surface area contributed by atoms with Gasteiger partial charge < -0.3 is 4.42 Å². The lowest BCUT2D eigenvalue weighted by atomic mass is 10.0. The zero-order valence-corrected chi connectivity index (χ0v) is 8.13. The first-order chi connectivity index (χ1) is 7.43. The van der Waals surface area contributed by atoms with Crippen molar-refractivity contribution in [3.8, 4) is 0 Å². The van der Waals surface area contributed by atoms with Crippen LogP contribution in [0.5, 0.6) is 0 Å². The molecule has 3 rings (SSSR count). The van der Waals surface area contributed by atoms with E-state index in [1.807, 2.05) is 24.7 Å². The number of aliphatic imine (C=N–C) groups is 1. The van der Waals surface area contributed by atoms with Gasteiger partial charge in [0.1, 0.15) is 11.3 Å². The molecular weight excluding hydrogens is 188 g/mol. The van der Waals surface area contributed by atoms with Crippen LogP contribution < -0.4 is 0 Å². The van der Waals surface area contributed by atoms with Crippen LogP contribution in [0.4, 0.5) is 0 Å². The van der Waals surface area contributed by atoms with Gasteiger partial charge in [-0.3, -0.25) is 9.98 Å². The van der Waals surface area contributed by atoms with Gasteiger partial charge in [0, 0.05) is 36.1 Å². The van der Waals surface area contributed by atoms with Crippen LogP contribution in [0.25, 0.3) is 11.0 Å². The van der Waals surface area contributed by atoms with Gasteiger partial charge >= 0.3 is 0 Å².